The van der Waals surface area contributed by atoms with Gasteiger partial charge in [0.25, 0.3) is 0 Å². The molecule has 3 saturated heterocycles. The van der Waals surface area contributed by atoms with Crippen molar-refractivity contribution in [3.63, 3.8) is 0 Å². The summed E-state index contributed by atoms with van der Waals surface area (Å²) in [4.78, 5) is 33.9. The fourth-order valence-electron chi connectivity index (χ4n) is 5.11. The maximum absolute atomic E-state index is 12.9. The molecular formula is C22H32N4O2. The molecule has 6 nitrogen and oxygen atoms in total. The molecule has 3 heterocycles. The number of piperidine rings is 2. The fraction of sp³-hybridized carbons (Fsp3) is 0.636. The molecule has 1 aromatic carbocycles. The highest BCUT2D eigenvalue weighted by Crippen LogP contribution is 2.45. The Kier molecular flexibility index (Phi) is 5.32. The molecule has 1 aromatic rings. The number of rotatable bonds is 1. The molecular weight excluding hydrogens is 352 g/mol. The average Bonchev–Trinajstić information content (AvgIpc) is 2.72. The lowest BCUT2D eigenvalue weighted by atomic mass is 9.68. The molecule has 0 bridgehead atoms. The van der Waals surface area contributed by atoms with Gasteiger partial charge in [0, 0.05) is 52.9 Å². The minimum Gasteiger partial charge on any atom is -0.345 e. The Morgan fingerprint density at radius 2 is 1.54 bits per heavy atom. The summed E-state index contributed by atoms with van der Waals surface area (Å²) in [7, 11) is 4.04. The first-order chi connectivity index (χ1) is 13.5. The molecule has 3 aliphatic rings. The molecule has 0 N–H and O–H groups in total. The smallest absolute Gasteiger partial charge is 0.320 e. The van der Waals surface area contributed by atoms with E-state index in [4.69, 9.17) is 0 Å². The number of benzene rings is 1. The highest BCUT2D eigenvalue weighted by atomic mass is 16.2. The van der Waals surface area contributed by atoms with Crippen molar-refractivity contribution in [1.82, 2.24) is 19.6 Å². The van der Waals surface area contributed by atoms with Gasteiger partial charge in [0.15, 0.2) is 0 Å². The number of piperazine rings is 1. The number of likely N-dealkylation sites (N-methyl/N-ethyl adjacent to an activating group) is 2. The van der Waals surface area contributed by atoms with Crippen LogP contribution in [0.25, 0.3) is 0 Å². The third-order valence-corrected chi connectivity index (χ3v) is 6.95. The summed E-state index contributed by atoms with van der Waals surface area (Å²) in [5, 5.41) is 0. The Bertz CT molecular complexity index is 707. The van der Waals surface area contributed by atoms with Gasteiger partial charge in [0.2, 0.25) is 5.91 Å². The molecule has 0 saturated carbocycles. The van der Waals surface area contributed by atoms with Crippen molar-refractivity contribution in [3.8, 4) is 0 Å². The van der Waals surface area contributed by atoms with Crippen LogP contribution in [0.4, 0.5) is 4.79 Å². The molecule has 3 aliphatic heterocycles. The second-order valence-corrected chi connectivity index (χ2v) is 8.92. The molecule has 0 aromatic heterocycles. The van der Waals surface area contributed by atoms with Crippen LogP contribution in [0.1, 0.15) is 30.7 Å². The van der Waals surface area contributed by atoms with E-state index in [0.29, 0.717) is 0 Å². The van der Waals surface area contributed by atoms with E-state index in [1.165, 1.54) is 0 Å². The second kappa shape index (κ2) is 7.74. The standard InChI is InChI=1S/C22H32N4O2/c1-23-12-14-26(15-13-23)21(28)25-10-8-22(9-11-25)16-19(20(27)24(2)17-22)18-6-4-3-5-7-18/h3-7,19H,8-17H2,1-2H3/t19-/m0/s1. The minimum atomic E-state index is -0.0557. The van der Waals surface area contributed by atoms with Crippen LogP contribution in [0, 0.1) is 5.41 Å². The van der Waals surface area contributed by atoms with Gasteiger partial charge in [0.05, 0.1) is 5.92 Å². The third kappa shape index (κ3) is 3.75. The zero-order valence-corrected chi connectivity index (χ0v) is 17.1. The summed E-state index contributed by atoms with van der Waals surface area (Å²) < 4.78 is 0. The van der Waals surface area contributed by atoms with Crippen LogP contribution in [0.3, 0.4) is 0 Å². The number of likely N-dealkylation sites (tertiary alicyclic amines) is 2. The quantitative estimate of drug-likeness (QED) is 0.745. The van der Waals surface area contributed by atoms with E-state index in [-0.39, 0.29) is 23.3 Å². The molecule has 0 radical (unpaired) electrons. The van der Waals surface area contributed by atoms with E-state index < -0.39 is 0 Å². The van der Waals surface area contributed by atoms with Crippen molar-refractivity contribution in [2.75, 3.05) is 59.9 Å². The van der Waals surface area contributed by atoms with Crippen molar-refractivity contribution >= 4 is 11.9 Å². The van der Waals surface area contributed by atoms with Crippen molar-refractivity contribution in [3.05, 3.63) is 35.9 Å². The van der Waals surface area contributed by atoms with Gasteiger partial charge >= 0.3 is 6.03 Å². The van der Waals surface area contributed by atoms with E-state index in [9.17, 15) is 9.59 Å². The lowest BCUT2D eigenvalue weighted by Crippen LogP contribution is -2.57. The molecule has 1 spiro atoms. The van der Waals surface area contributed by atoms with Gasteiger partial charge in [-0.25, -0.2) is 4.79 Å². The van der Waals surface area contributed by atoms with Crippen molar-refractivity contribution < 1.29 is 9.59 Å². The number of hydrogen-bond acceptors (Lipinski definition) is 3. The maximum atomic E-state index is 12.9. The lowest BCUT2D eigenvalue weighted by Gasteiger charge is -2.49. The second-order valence-electron chi connectivity index (χ2n) is 8.92. The van der Waals surface area contributed by atoms with Gasteiger partial charge in [-0.1, -0.05) is 30.3 Å². The number of amides is 3. The Morgan fingerprint density at radius 1 is 0.929 bits per heavy atom. The highest BCUT2D eigenvalue weighted by Gasteiger charge is 2.45. The van der Waals surface area contributed by atoms with Crippen molar-refractivity contribution in [1.29, 1.82) is 0 Å². The third-order valence-electron chi connectivity index (χ3n) is 6.95. The van der Waals surface area contributed by atoms with Crippen LogP contribution in [0.5, 0.6) is 0 Å². The normalized spacial score (nSPS) is 26.0. The largest absolute Gasteiger partial charge is 0.345 e. The van der Waals surface area contributed by atoms with E-state index in [2.05, 4.69) is 24.1 Å². The summed E-state index contributed by atoms with van der Waals surface area (Å²) in [5.74, 6) is 0.174. The first kappa shape index (κ1) is 19.2. The number of hydrogen-bond donors (Lipinski definition) is 0. The maximum Gasteiger partial charge on any atom is 0.320 e. The number of urea groups is 1. The summed E-state index contributed by atoms with van der Waals surface area (Å²) >= 11 is 0. The molecule has 4 rings (SSSR count). The molecule has 28 heavy (non-hydrogen) atoms. The predicted octanol–water partition coefficient (Wildman–Crippen LogP) is 2.08. The van der Waals surface area contributed by atoms with E-state index >= 15 is 0 Å². The Balaban J connectivity index is 1.41. The summed E-state index contributed by atoms with van der Waals surface area (Å²) in [6.07, 6.45) is 2.86. The average molecular weight is 385 g/mol. The van der Waals surface area contributed by atoms with Gasteiger partial charge in [-0.15, -0.1) is 0 Å². The number of nitrogens with zero attached hydrogens (tertiary/aromatic N) is 4. The van der Waals surface area contributed by atoms with Crippen LogP contribution in [0.15, 0.2) is 30.3 Å². The van der Waals surface area contributed by atoms with Crippen LogP contribution in [-0.4, -0.2) is 91.4 Å². The van der Waals surface area contributed by atoms with Crippen LogP contribution < -0.4 is 0 Å². The molecule has 0 aliphatic carbocycles. The summed E-state index contributed by atoms with van der Waals surface area (Å²) in [6, 6.07) is 10.4. The minimum absolute atomic E-state index is 0.0557. The van der Waals surface area contributed by atoms with Crippen molar-refractivity contribution in [2.24, 2.45) is 5.41 Å². The Hall–Kier alpha value is -2.08. The predicted molar refractivity (Wildman–Crippen MR) is 109 cm³/mol. The van der Waals surface area contributed by atoms with Crippen LogP contribution in [-0.2, 0) is 4.79 Å². The van der Waals surface area contributed by atoms with Crippen molar-refractivity contribution in [2.45, 2.75) is 25.2 Å². The SMILES string of the molecule is CN1CCN(C(=O)N2CCC3(CC2)C[C@@H](c2ccccc2)C(=O)N(C)C3)CC1. The zero-order valence-electron chi connectivity index (χ0n) is 17.1. The first-order valence-corrected chi connectivity index (χ1v) is 10.5. The number of carbonyl (C=O) groups excluding carboxylic acids is 2. The molecule has 1 atom stereocenters. The van der Waals surface area contributed by atoms with E-state index in [0.717, 1.165) is 70.6 Å². The summed E-state index contributed by atoms with van der Waals surface area (Å²) in [6.45, 7) is 5.97. The van der Waals surface area contributed by atoms with Gasteiger partial charge in [-0.05, 0) is 37.3 Å². The van der Waals surface area contributed by atoms with Gasteiger partial charge < -0.3 is 19.6 Å². The molecule has 3 amide bonds. The monoisotopic (exact) mass is 384 g/mol. The molecule has 6 heteroatoms. The zero-order chi connectivity index (χ0) is 19.7. The van der Waals surface area contributed by atoms with E-state index in [1.807, 2.05) is 39.9 Å². The van der Waals surface area contributed by atoms with Crippen LogP contribution >= 0.6 is 0 Å². The first-order valence-electron chi connectivity index (χ1n) is 10.5. The molecule has 0 unspecified atom stereocenters. The van der Waals surface area contributed by atoms with Gasteiger partial charge in [0.1, 0.15) is 0 Å². The molecule has 3 fully saturated rings. The van der Waals surface area contributed by atoms with Gasteiger partial charge in [-0.2, -0.15) is 0 Å². The highest BCUT2D eigenvalue weighted by molar-refractivity contribution is 5.84. The molecule has 152 valence electrons. The topological polar surface area (TPSA) is 47.1 Å². The summed E-state index contributed by atoms with van der Waals surface area (Å²) in [5.41, 5.74) is 1.25. The lowest BCUT2D eigenvalue weighted by molar-refractivity contribution is -0.139. The van der Waals surface area contributed by atoms with Crippen LogP contribution in [0.2, 0.25) is 0 Å². The Morgan fingerprint density at radius 3 is 2.18 bits per heavy atom. The van der Waals surface area contributed by atoms with E-state index in [1.54, 1.807) is 0 Å². The fourth-order valence-corrected chi connectivity index (χ4v) is 5.11. The van der Waals surface area contributed by atoms with Gasteiger partial charge in [-0.3, -0.25) is 4.79 Å². The Labute approximate surface area is 168 Å². The number of carbonyl (C=O) groups is 2.